The van der Waals surface area contributed by atoms with Gasteiger partial charge in [0.05, 0.1) is 0 Å². The van der Waals surface area contributed by atoms with Crippen LogP contribution in [-0.4, -0.2) is 41.5 Å². The first-order valence-electron chi connectivity index (χ1n) is 9.54. The minimum atomic E-state index is -1.02. The molecule has 1 fully saturated rings. The fraction of sp³-hybridized carbons (Fsp3) is 0.550. The molecule has 0 aromatic heterocycles. The van der Waals surface area contributed by atoms with Crippen LogP contribution >= 0.6 is 0 Å². The van der Waals surface area contributed by atoms with Crippen molar-refractivity contribution in [1.29, 1.82) is 0 Å². The van der Waals surface area contributed by atoms with Crippen LogP contribution in [-0.2, 0) is 20.8 Å². The van der Waals surface area contributed by atoms with E-state index in [-0.39, 0.29) is 42.6 Å². The number of hydrogen-bond acceptors (Lipinski definition) is 3. The maximum Gasteiger partial charge on any atom is 0.326 e. The Labute approximate surface area is 171 Å². The summed E-state index contributed by atoms with van der Waals surface area (Å²) in [5, 5.41) is 15.0. The number of carbonyl (C=O) groups is 3. The zero-order valence-corrected chi connectivity index (χ0v) is 17.0. The van der Waals surface area contributed by atoms with Crippen molar-refractivity contribution >= 4 is 17.8 Å². The highest BCUT2D eigenvalue weighted by Gasteiger charge is 2.29. The molecule has 2 atom stereocenters. The Balaban J connectivity index is 0.00000392. The Morgan fingerprint density at radius 2 is 1.75 bits per heavy atom. The molecule has 1 saturated carbocycles. The fourth-order valence-corrected chi connectivity index (χ4v) is 3.39. The third-order valence-corrected chi connectivity index (χ3v) is 5.13. The lowest BCUT2D eigenvalue weighted by atomic mass is 9.81. The predicted molar refractivity (Wildman–Crippen MR) is 101 cm³/mol. The third kappa shape index (κ3) is 7.48. The van der Waals surface area contributed by atoms with Crippen LogP contribution < -0.4 is 28.8 Å². The van der Waals surface area contributed by atoms with Crippen LogP contribution in [0.4, 0.5) is 0 Å². The minimum Gasteiger partial charge on any atom is -1.00 e. The molecule has 28 heavy (non-hydrogen) atoms. The van der Waals surface area contributed by atoms with E-state index in [1.54, 1.807) is 6.92 Å². The molecule has 0 bridgehead atoms. The number of rotatable bonds is 8. The quantitative estimate of drug-likeness (QED) is 0.373. The Morgan fingerprint density at radius 1 is 1.14 bits per heavy atom. The number of hydrogen-bond donors (Lipinski definition) is 4. The highest BCUT2D eigenvalue weighted by atomic mass is 35.5. The van der Waals surface area contributed by atoms with Crippen LogP contribution in [0.1, 0.15) is 38.2 Å². The molecular weight excluding hydrogens is 382 g/mol. The van der Waals surface area contributed by atoms with Crippen molar-refractivity contribution in [2.75, 3.05) is 6.54 Å². The van der Waals surface area contributed by atoms with E-state index in [0.717, 1.165) is 18.4 Å². The van der Waals surface area contributed by atoms with E-state index in [2.05, 4.69) is 16.4 Å². The maximum atomic E-state index is 12.5. The monoisotopic (exact) mass is 411 g/mol. The molecule has 0 unspecified atom stereocenters. The molecule has 0 saturated heterocycles. The molecular formula is C20H30ClN3O4. The molecule has 0 spiro atoms. The van der Waals surface area contributed by atoms with Crippen LogP contribution in [0.2, 0.25) is 0 Å². The molecule has 0 aliphatic heterocycles. The molecule has 7 nitrogen and oxygen atoms in total. The highest BCUT2D eigenvalue weighted by molar-refractivity contribution is 5.85. The molecule has 1 aliphatic rings. The van der Waals surface area contributed by atoms with Crippen LogP contribution in [0.3, 0.4) is 0 Å². The summed E-state index contributed by atoms with van der Waals surface area (Å²) in [5.41, 5.74) is 4.58. The summed E-state index contributed by atoms with van der Waals surface area (Å²) in [7, 11) is 0. The normalized spacial score (nSPS) is 20.9. The Kier molecular flexibility index (Phi) is 9.96. The zero-order chi connectivity index (χ0) is 19.8. The van der Waals surface area contributed by atoms with Crippen molar-refractivity contribution in [1.82, 2.24) is 10.6 Å². The average Bonchev–Trinajstić information content (AvgIpc) is 2.66. The summed E-state index contributed by atoms with van der Waals surface area (Å²) in [4.78, 5) is 35.6. The summed E-state index contributed by atoms with van der Waals surface area (Å²) < 4.78 is 0. The summed E-state index contributed by atoms with van der Waals surface area (Å²) in [6.45, 7) is 2.36. The number of benzene rings is 1. The van der Waals surface area contributed by atoms with E-state index in [1.165, 1.54) is 0 Å². The largest absolute Gasteiger partial charge is 1.00 e. The SMILES string of the molecule is C[C@@H]([NH3+])C(=O)NCC1CCC(C(=O)N[C@@H](Cc2ccccc2)C(=O)O)CC1.[Cl-]. The molecule has 1 aromatic rings. The molecule has 6 N–H and O–H groups in total. The van der Waals surface area contributed by atoms with Crippen molar-refractivity contribution in [3.63, 3.8) is 0 Å². The molecule has 8 heteroatoms. The highest BCUT2D eigenvalue weighted by Crippen LogP contribution is 2.28. The van der Waals surface area contributed by atoms with Crippen LogP contribution in [0.15, 0.2) is 30.3 Å². The van der Waals surface area contributed by atoms with Crippen LogP contribution in [0.25, 0.3) is 0 Å². The van der Waals surface area contributed by atoms with Gasteiger partial charge in [0.2, 0.25) is 5.91 Å². The van der Waals surface area contributed by atoms with E-state index < -0.39 is 12.0 Å². The topological polar surface area (TPSA) is 123 Å². The van der Waals surface area contributed by atoms with Crippen molar-refractivity contribution in [2.24, 2.45) is 11.8 Å². The van der Waals surface area contributed by atoms with Gasteiger partial charge >= 0.3 is 5.97 Å². The number of aliphatic carboxylic acids is 1. The van der Waals surface area contributed by atoms with E-state index >= 15 is 0 Å². The van der Waals surface area contributed by atoms with E-state index in [4.69, 9.17) is 0 Å². The molecule has 1 aliphatic carbocycles. The Bertz CT molecular complexity index is 646. The van der Waals surface area contributed by atoms with Gasteiger partial charge in [0.15, 0.2) is 6.04 Å². The van der Waals surface area contributed by atoms with E-state index in [1.807, 2.05) is 30.3 Å². The number of carbonyl (C=O) groups excluding carboxylic acids is 2. The molecule has 2 rings (SSSR count). The fourth-order valence-electron chi connectivity index (χ4n) is 3.39. The first-order valence-corrected chi connectivity index (χ1v) is 9.54. The maximum absolute atomic E-state index is 12.5. The molecule has 0 radical (unpaired) electrons. The lowest BCUT2D eigenvalue weighted by Gasteiger charge is -2.28. The summed E-state index contributed by atoms with van der Waals surface area (Å²) in [6, 6.07) is 8.09. The van der Waals surface area contributed by atoms with Crippen molar-refractivity contribution < 1.29 is 37.6 Å². The third-order valence-electron chi connectivity index (χ3n) is 5.13. The molecule has 156 valence electrons. The van der Waals surface area contributed by atoms with Crippen molar-refractivity contribution in [3.8, 4) is 0 Å². The van der Waals surface area contributed by atoms with E-state index in [9.17, 15) is 19.5 Å². The minimum absolute atomic E-state index is 0. The van der Waals surface area contributed by atoms with Gasteiger partial charge in [0.25, 0.3) is 5.91 Å². The number of quaternary nitrogens is 1. The standard InChI is InChI=1S/C20H29N3O4.ClH/c1-13(21)18(24)22-12-15-7-9-16(10-8-15)19(25)23-17(20(26)27)11-14-5-3-2-4-6-14;/h2-6,13,15-17H,7-12,21H2,1H3,(H,22,24)(H,23,25)(H,26,27);1H/t13-,15?,16?,17+;/m1./s1. The van der Waals surface area contributed by atoms with Gasteiger partial charge in [-0.05, 0) is 44.1 Å². The first kappa shape index (κ1) is 23.9. The van der Waals surface area contributed by atoms with Gasteiger partial charge in [-0.25, -0.2) is 4.79 Å². The van der Waals surface area contributed by atoms with Gasteiger partial charge in [0.1, 0.15) is 6.04 Å². The predicted octanol–water partition coefficient (Wildman–Crippen LogP) is -2.64. The number of halogens is 1. The molecule has 1 aromatic carbocycles. The Morgan fingerprint density at radius 3 is 2.29 bits per heavy atom. The van der Waals surface area contributed by atoms with Gasteiger partial charge in [0, 0.05) is 18.9 Å². The van der Waals surface area contributed by atoms with E-state index in [0.29, 0.717) is 25.3 Å². The lowest BCUT2D eigenvalue weighted by molar-refractivity contribution is -0.398. The number of carboxylic acids is 1. The number of amides is 2. The van der Waals surface area contributed by atoms with Crippen molar-refractivity contribution in [2.45, 2.75) is 51.1 Å². The average molecular weight is 412 g/mol. The smallest absolute Gasteiger partial charge is 0.326 e. The lowest BCUT2D eigenvalue weighted by Crippen LogP contribution is -3.00. The Hall–Kier alpha value is -2.12. The molecule has 0 heterocycles. The van der Waals surface area contributed by atoms with Crippen molar-refractivity contribution in [3.05, 3.63) is 35.9 Å². The van der Waals surface area contributed by atoms with Crippen LogP contribution in [0.5, 0.6) is 0 Å². The second kappa shape index (κ2) is 11.7. The second-order valence-corrected chi connectivity index (χ2v) is 7.45. The van der Waals surface area contributed by atoms with Gasteiger partial charge < -0.3 is 33.9 Å². The van der Waals surface area contributed by atoms with Gasteiger partial charge in [-0.3, -0.25) is 9.59 Å². The summed E-state index contributed by atoms with van der Waals surface area (Å²) in [6.07, 6.45) is 3.39. The van der Waals surface area contributed by atoms with Gasteiger partial charge in [-0.15, -0.1) is 0 Å². The molecule has 2 amide bonds. The van der Waals surface area contributed by atoms with Gasteiger partial charge in [-0.2, -0.15) is 0 Å². The number of carboxylic acid groups (broad SMARTS) is 1. The number of nitrogens with one attached hydrogen (secondary N) is 2. The van der Waals surface area contributed by atoms with Crippen LogP contribution in [0, 0.1) is 11.8 Å². The summed E-state index contributed by atoms with van der Waals surface area (Å²) >= 11 is 0. The second-order valence-electron chi connectivity index (χ2n) is 7.45. The zero-order valence-electron chi connectivity index (χ0n) is 16.2. The van der Waals surface area contributed by atoms with Gasteiger partial charge in [-0.1, -0.05) is 30.3 Å². The first-order chi connectivity index (χ1) is 12.9. The summed E-state index contributed by atoms with van der Waals surface area (Å²) in [5.74, 6) is -1.07.